The minimum atomic E-state index is -0.340. The van der Waals surface area contributed by atoms with Crippen molar-refractivity contribution >= 4 is 21.8 Å². The number of hydrogen-bond donors (Lipinski definition) is 2. The lowest BCUT2D eigenvalue weighted by Gasteiger charge is -2.15. The summed E-state index contributed by atoms with van der Waals surface area (Å²) < 4.78 is 5.81. The Morgan fingerprint density at radius 2 is 2.10 bits per heavy atom. The molecule has 1 aromatic carbocycles. The van der Waals surface area contributed by atoms with Crippen molar-refractivity contribution in [3.8, 4) is 0 Å². The van der Waals surface area contributed by atoms with Crippen LogP contribution in [0.25, 0.3) is 0 Å². The molecule has 2 N–H and O–H groups in total. The van der Waals surface area contributed by atoms with E-state index in [-0.39, 0.29) is 24.3 Å². The third-order valence-electron chi connectivity index (χ3n) is 2.97. The van der Waals surface area contributed by atoms with Gasteiger partial charge in [0.2, 0.25) is 0 Å². The Morgan fingerprint density at radius 3 is 2.65 bits per heavy atom. The molecular formula is C15H16BrNO3. The fraction of sp³-hybridized carbons (Fsp3) is 0.267. The zero-order valence-electron chi connectivity index (χ0n) is 11.1. The van der Waals surface area contributed by atoms with Gasteiger partial charge in [-0.15, -0.1) is 0 Å². The largest absolute Gasteiger partial charge is 0.444 e. The van der Waals surface area contributed by atoms with Gasteiger partial charge in [-0.2, -0.15) is 0 Å². The van der Waals surface area contributed by atoms with Gasteiger partial charge in [-0.1, -0.05) is 30.3 Å². The fourth-order valence-electron chi connectivity index (χ4n) is 1.98. The number of amides is 1. The van der Waals surface area contributed by atoms with E-state index in [1.165, 1.54) is 0 Å². The quantitative estimate of drug-likeness (QED) is 0.881. The highest BCUT2D eigenvalue weighted by molar-refractivity contribution is 9.10. The number of aliphatic hydroxyl groups excluding tert-OH is 1. The first-order valence-electron chi connectivity index (χ1n) is 6.31. The van der Waals surface area contributed by atoms with Crippen molar-refractivity contribution in [2.45, 2.75) is 19.4 Å². The number of halogens is 1. The summed E-state index contributed by atoms with van der Waals surface area (Å²) in [5, 5.41) is 12.2. The Labute approximate surface area is 125 Å². The highest BCUT2D eigenvalue weighted by Crippen LogP contribution is 2.19. The molecule has 0 saturated carbocycles. The molecule has 0 fully saturated rings. The number of furan rings is 1. The summed E-state index contributed by atoms with van der Waals surface area (Å²) in [6.07, 6.45) is 0.573. The predicted molar refractivity (Wildman–Crippen MR) is 79.6 cm³/mol. The molecular weight excluding hydrogens is 322 g/mol. The maximum atomic E-state index is 12.1. The van der Waals surface area contributed by atoms with Crippen LogP contribution in [0.2, 0.25) is 0 Å². The Balaban J connectivity index is 2.03. The van der Waals surface area contributed by atoms with E-state index >= 15 is 0 Å². The van der Waals surface area contributed by atoms with Crippen molar-refractivity contribution in [3.05, 3.63) is 58.0 Å². The van der Waals surface area contributed by atoms with Crippen LogP contribution in [0, 0.1) is 6.92 Å². The Morgan fingerprint density at radius 1 is 1.40 bits per heavy atom. The van der Waals surface area contributed by atoms with Gasteiger partial charge in [-0.05, 0) is 40.9 Å². The molecule has 0 aliphatic rings. The number of rotatable bonds is 5. The van der Waals surface area contributed by atoms with Crippen LogP contribution in [0.3, 0.4) is 0 Å². The van der Waals surface area contributed by atoms with Gasteiger partial charge < -0.3 is 14.8 Å². The SMILES string of the molecule is Cc1cc(Br)oc1C(=O)NC(CO)Cc1ccccc1. The van der Waals surface area contributed by atoms with Crippen LogP contribution < -0.4 is 5.32 Å². The van der Waals surface area contributed by atoms with E-state index in [4.69, 9.17) is 4.42 Å². The normalized spacial score (nSPS) is 12.2. The Kier molecular flexibility index (Phi) is 4.98. The van der Waals surface area contributed by atoms with Gasteiger partial charge in [0.15, 0.2) is 10.4 Å². The summed E-state index contributed by atoms with van der Waals surface area (Å²) in [4.78, 5) is 12.1. The number of carbonyl (C=O) groups is 1. The maximum absolute atomic E-state index is 12.1. The lowest BCUT2D eigenvalue weighted by Crippen LogP contribution is -2.39. The molecule has 0 radical (unpaired) electrons. The van der Waals surface area contributed by atoms with E-state index in [9.17, 15) is 9.90 Å². The third kappa shape index (κ3) is 3.71. The molecule has 1 amide bonds. The molecule has 0 bridgehead atoms. The van der Waals surface area contributed by atoms with Gasteiger partial charge in [-0.3, -0.25) is 4.79 Å². The highest BCUT2D eigenvalue weighted by Gasteiger charge is 2.18. The molecule has 1 atom stereocenters. The van der Waals surface area contributed by atoms with Gasteiger partial charge in [0.25, 0.3) is 5.91 Å². The summed E-state index contributed by atoms with van der Waals surface area (Å²) in [5.74, 6) is -0.0495. The first-order chi connectivity index (χ1) is 9.60. The molecule has 2 aromatic rings. The Hall–Kier alpha value is -1.59. The standard InChI is InChI=1S/C15H16BrNO3/c1-10-7-13(16)20-14(10)15(19)17-12(9-18)8-11-5-3-2-4-6-11/h2-7,12,18H,8-9H2,1H3,(H,17,19). The smallest absolute Gasteiger partial charge is 0.287 e. The molecule has 0 saturated heterocycles. The molecule has 1 unspecified atom stereocenters. The van der Waals surface area contributed by atoms with E-state index in [0.717, 1.165) is 11.1 Å². The van der Waals surface area contributed by atoms with Crippen LogP contribution in [-0.2, 0) is 6.42 Å². The van der Waals surface area contributed by atoms with Crippen molar-refractivity contribution < 1.29 is 14.3 Å². The van der Waals surface area contributed by atoms with Gasteiger partial charge in [0.05, 0.1) is 12.6 Å². The molecule has 106 valence electrons. The highest BCUT2D eigenvalue weighted by atomic mass is 79.9. The van der Waals surface area contributed by atoms with Crippen molar-refractivity contribution in [1.29, 1.82) is 0 Å². The number of hydrogen-bond acceptors (Lipinski definition) is 3. The molecule has 0 aliphatic carbocycles. The third-order valence-corrected chi connectivity index (χ3v) is 3.37. The van der Waals surface area contributed by atoms with E-state index in [2.05, 4.69) is 21.2 Å². The minimum Gasteiger partial charge on any atom is -0.444 e. The van der Waals surface area contributed by atoms with Crippen molar-refractivity contribution in [1.82, 2.24) is 5.32 Å². The monoisotopic (exact) mass is 337 g/mol. The summed E-state index contributed by atoms with van der Waals surface area (Å²) in [5.41, 5.74) is 1.81. The molecule has 20 heavy (non-hydrogen) atoms. The lowest BCUT2D eigenvalue weighted by atomic mass is 10.1. The second-order valence-corrected chi connectivity index (χ2v) is 5.39. The number of benzene rings is 1. The van der Waals surface area contributed by atoms with E-state index in [1.807, 2.05) is 30.3 Å². The topological polar surface area (TPSA) is 62.5 Å². The predicted octanol–water partition coefficient (Wildman–Crippen LogP) is 2.68. The van der Waals surface area contributed by atoms with E-state index in [1.54, 1.807) is 13.0 Å². The number of carbonyl (C=O) groups excluding carboxylic acids is 1. The van der Waals surface area contributed by atoms with Gasteiger partial charge in [-0.25, -0.2) is 0 Å². The van der Waals surface area contributed by atoms with Crippen LogP contribution in [-0.4, -0.2) is 23.7 Å². The summed E-state index contributed by atoms with van der Waals surface area (Å²) in [6.45, 7) is 1.68. The summed E-state index contributed by atoms with van der Waals surface area (Å²) in [6, 6.07) is 11.1. The van der Waals surface area contributed by atoms with Crippen LogP contribution in [0.4, 0.5) is 0 Å². The molecule has 0 aliphatic heterocycles. The summed E-state index contributed by atoms with van der Waals surface area (Å²) in [7, 11) is 0. The zero-order chi connectivity index (χ0) is 14.5. The number of aryl methyl sites for hydroxylation is 1. The van der Waals surface area contributed by atoms with Gasteiger partial charge in [0, 0.05) is 5.56 Å². The zero-order valence-corrected chi connectivity index (χ0v) is 12.7. The molecule has 2 rings (SSSR count). The minimum absolute atomic E-state index is 0.123. The Bertz CT molecular complexity index is 580. The molecule has 1 heterocycles. The maximum Gasteiger partial charge on any atom is 0.287 e. The molecule has 0 spiro atoms. The van der Waals surface area contributed by atoms with Crippen LogP contribution >= 0.6 is 15.9 Å². The van der Waals surface area contributed by atoms with Gasteiger partial charge >= 0.3 is 0 Å². The van der Waals surface area contributed by atoms with E-state index < -0.39 is 0 Å². The fourth-order valence-corrected chi connectivity index (χ4v) is 2.48. The number of nitrogens with one attached hydrogen (secondary N) is 1. The van der Waals surface area contributed by atoms with Crippen molar-refractivity contribution in [2.24, 2.45) is 0 Å². The first kappa shape index (κ1) is 14.8. The summed E-state index contributed by atoms with van der Waals surface area (Å²) >= 11 is 3.19. The van der Waals surface area contributed by atoms with Crippen LogP contribution in [0.5, 0.6) is 0 Å². The van der Waals surface area contributed by atoms with Crippen molar-refractivity contribution in [2.75, 3.05) is 6.61 Å². The lowest BCUT2D eigenvalue weighted by molar-refractivity contribution is 0.0886. The molecule has 5 heteroatoms. The van der Waals surface area contributed by atoms with Crippen LogP contribution in [0.1, 0.15) is 21.7 Å². The van der Waals surface area contributed by atoms with Crippen molar-refractivity contribution in [3.63, 3.8) is 0 Å². The van der Waals surface area contributed by atoms with Crippen LogP contribution in [0.15, 0.2) is 45.5 Å². The average Bonchev–Trinajstić information content (AvgIpc) is 2.78. The second-order valence-electron chi connectivity index (χ2n) is 4.61. The molecule has 1 aromatic heterocycles. The second kappa shape index (κ2) is 6.72. The first-order valence-corrected chi connectivity index (χ1v) is 7.11. The molecule has 4 nitrogen and oxygen atoms in total. The van der Waals surface area contributed by atoms with E-state index in [0.29, 0.717) is 11.1 Å². The average molecular weight is 338 g/mol. The van der Waals surface area contributed by atoms with Gasteiger partial charge in [0.1, 0.15) is 0 Å². The number of aliphatic hydroxyl groups is 1.